The first-order valence-electron chi connectivity index (χ1n) is 11.3. The Hall–Kier alpha value is -2.53. The van der Waals surface area contributed by atoms with Gasteiger partial charge in [0, 0.05) is 6.20 Å². The fourth-order valence-electron chi connectivity index (χ4n) is 2.95. The molecule has 16 nitrogen and oxygen atoms in total. The van der Waals surface area contributed by atoms with Crippen LogP contribution in [0.4, 0.5) is 19.8 Å². The fraction of sp³-hybridized carbons (Fsp3) is 0.700. The molecule has 1 aromatic heterocycles. The predicted molar refractivity (Wildman–Crippen MR) is 128 cm³/mol. The zero-order valence-electron chi connectivity index (χ0n) is 21.4. The Morgan fingerprint density at radius 2 is 1.72 bits per heavy atom. The summed E-state index contributed by atoms with van der Waals surface area (Å²) in [5, 5.41) is 10.6. The number of alkyl halides is 2. The Morgan fingerprint density at radius 3 is 2.18 bits per heavy atom. The molecule has 39 heavy (non-hydrogen) atoms. The topological polar surface area (TPSA) is 206 Å². The normalized spacial score (nSPS) is 23.2. The maximum atomic E-state index is 15.1. The summed E-state index contributed by atoms with van der Waals surface area (Å²) in [6.45, 7) is 3.22. The van der Waals surface area contributed by atoms with Crippen LogP contribution in [0, 0.1) is 0 Å². The smallest absolute Gasteiger partial charge is 0.432 e. The molecule has 4 atom stereocenters. The third kappa shape index (κ3) is 9.27. The molecule has 0 radical (unpaired) electrons. The molecule has 222 valence electrons. The van der Waals surface area contributed by atoms with Gasteiger partial charge in [-0.05, 0) is 33.8 Å². The van der Waals surface area contributed by atoms with Crippen LogP contribution in [0.5, 0.6) is 0 Å². The number of hydrogen-bond donors (Lipinski definition) is 2. The highest BCUT2D eigenvalue weighted by atomic mass is 35.5. The molecule has 1 aliphatic heterocycles. The number of halogens is 2. The molecular weight excluding hydrogens is 576 g/mol. The average Bonchev–Trinajstić information content (AvgIpc) is 3.07. The van der Waals surface area contributed by atoms with Gasteiger partial charge in [0.05, 0.1) is 24.7 Å². The minimum atomic E-state index is -4.80. The molecular formula is C20H30ClFN3O13P. The van der Waals surface area contributed by atoms with Gasteiger partial charge >= 0.3 is 25.8 Å². The molecule has 0 bridgehead atoms. The lowest BCUT2D eigenvalue weighted by Gasteiger charge is -2.30. The molecule has 0 saturated carbocycles. The minimum absolute atomic E-state index is 0.133. The lowest BCUT2D eigenvalue weighted by Crippen LogP contribution is -2.47. The molecule has 4 unspecified atom stereocenters. The summed E-state index contributed by atoms with van der Waals surface area (Å²) in [7, 11) is -4.80. The number of anilines is 1. The monoisotopic (exact) mass is 605 g/mol. The maximum Gasteiger partial charge on any atom is 0.510 e. The van der Waals surface area contributed by atoms with E-state index in [-0.39, 0.29) is 5.82 Å². The van der Waals surface area contributed by atoms with Crippen LogP contribution < -0.4 is 11.4 Å². The summed E-state index contributed by atoms with van der Waals surface area (Å²) in [6.07, 6.45) is -8.27. The molecule has 0 aromatic carbocycles. The van der Waals surface area contributed by atoms with E-state index in [2.05, 4.69) is 14.5 Å². The molecule has 0 spiro atoms. The second-order valence-corrected chi connectivity index (χ2v) is 10.4. The lowest BCUT2D eigenvalue weighted by atomic mass is 9.99. The number of nitrogens with zero attached hydrogens (tertiary/aromatic N) is 2. The second-order valence-electron chi connectivity index (χ2n) is 8.47. The van der Waals surface area contributed by atoms with E-state index >= 15 is 4.39 Å². The number of nitrogens with two attached hydrogens (primary N) is 1. The van der Waals surface area contributed by atoms with Gasteiger partial charge in [-0.3, -0.25) is 9.09 Å². The van der Waals surface area contributed by atoms with Crippen molar-refractivity contribution in [3.8, 4) is 0 Å². The number of aromatic nitrogens is 2. The van der Waals surface area contributed by atoms with E-state index in [4.69, 9.17) is 45.1 Å². The van der Waals surface area contributed by atoms with Crippen molar-refractivity contribution in [2.24, 2.45) is 0 Å². The van der Waals surface area contributed by atoms with Crippen LogP contribution in [-0.4, -0.2) is 83.1 Å². The quantitative estimate of drug-likeness (QED) is 0.143. The third-order valence-electron chi connectivity index (χ3n) is 4.73. The molecule has 0 amide bonds. The van der Waals surface area contributed by atoms with Gasteiger partial charge in [0.2, 0.25) is 13.6 Å². The van der Waals surface area contributed by atoms with E-state index in [9.17, 15) is 24.1 Å². The van der Waals surface area contributed by atoms with Gasteiger partial charge in [0.15, 0.2) is 12.4 Å². The summed E-state index contributed by atoms with van der Waals surface area (Å²) in [4.78, 5) is 38.8. The van der Waals surface area contributed by atoms with Crippen LogP contribution in [0.1, 0.15) is 33.9 Å². The second kappa shape index (κ2) is 14.2. The van der Waals surface area contributed by atoms with E-state index in [0.717, 1.165) is 10.8 Å². The van der Waals surface area contributed by atoms with Gasteiger partial charge in [-0.1, -0.05) is 0 Å². The fourth-order valence-corrected chi connectivity index (χ4v) is 4.21. The molecule has 19 heteroatoms. The SMILES string of the molecule is CC(C)OC(=O)OCOP(=O)(OCOC(=O)OC(C)C)OCC1(CCl)OC(n2ccc(N)nc2=O)C(F)C1O. The summed E-state index contributed by atoms with van der Waals surface area (Å²) in [5.74, 6) is -0.761. The number of hydrogen-bond acceptors (Lipinski definition) is 15. The number of carbonyl (C=O) groups excluding carboxylic acids is 2. The maximum absolute atomic E-state index is 15.1. The summed E-state index contributed by atoms with van der Waals surface area (Å²) < 4.78 is 68.2. The van der Waals surface area contributed by atoms with Gasteiger partial charge in [-0.25, -0.2) is 32.4 Å². The minimum Gasteiger partial charge on any atom is -0.432 e. The number of aliphatic hydroxyl groups is 1. The number of phosphoric acid groups is 1. The van der Waals surface area contributed by atoms with Crippen molar-refractivity contribution in [3.63, 3.8) is 0 Å². The van der Waals surface area contributed by atoms with Crippen LogP contribution in [-0.2, 0) is 41.8 Å². The number of phosphoric ester groups is 1. The van der Waals surface area contributed by atoms with Crippen molar-refractivity contribution in [1.82, 2.24) is 9.55 Å². The number of nitrogen functional groups attached to an aromatic ring is 1. The molecule has 1 aliphatic rings. The third-order valence-corrected chi connectivity index (χ3v) is 6.47. The van der Waals surface area contributed by atoms with E-state index in [1.165, 1.54) is 6.07 Å². The zero-order valence-corrected chi connectivity index (χ0v) is 23.0. The molecule has 1 aromatic rings. The Morgan fingerprint density at radius 1 is 1.18 bits per heavy atom. The molecule has 0 aliphatic carbocycles. The van der Waals surface area contributed by atoms with E-state index in [1.54, 1.807) is 27.7 Å². The van der Waals surface area contributed by atoms with Crippen molar-refractivity contribution in [2.45, 2.75) is 64.0 Å². The predicted octanol–water partition coefficient (Wildman–Crippen LogP) is 2.23. The first-order valence-corrected chi connectivity index (χ1v) is 13.3. The van der Waals surface area contributed by atoms with Crippen molar-refractivity contribution in [2.75, 3.05) is 31.8 Å². The number of carbonyl (C=O) groups is 2. The first kappa shape index (κ1) is 32.7. The first-order chi connectivity index (χ1) is 18.2. The highest BCUT2D eigenvalue weighted by molar-refractivity contribution is 7.48. The Labute approximate surface area is 226 Å². The van der Waals surface area contributed by atoms with Crippen LogP contribution >= 0.6 is 19.4 Å². The highest BCUT2D eigenvalue weighted by Gasteiger charge is 2.57. The molecule has 3 N–H and O–H groups in total. The molecule has 2 heterocycles. The van der Waals surface area contributed by atoms with Gasteiger partial charge in [-0.2, -0.15) is 4.98 Å². The standard InChI is InChI=1S/C20H30ClFN3O13P/c1-11(2)36-18(28)31-9-34-39(30,35-10-32-19(29)37-12(3)4)33-8-20(7-21)15(26)14(22)16(38-20)25-6-5-13(23)24-17(25)27/h5-6,11-12,14-16,26H,7-10H2,1-4H3,(H2,23,24,27). The summed E-state index contributed by atoms with van der Waals surface area (Å²) >= 11 is 5.96. The van der Waals surface area contributed by atoms with Crippen molar-refractivity contribution in [3.05, 3.63) is 22.7 Å². The van der Waals surface area contributed by atoms with Gasteiger partial charge in [0.1, 0.15) is 17.5 Å². The van der Waals surface area contributed by atoms with E-state index < -0.39 is 88.2 Å². The van der Waals surface area contributed by atoms with Crippen LogP contribution in [0.25, 0.3) is 0 Å². The number of rotatable bonds is 13. The molecule has 2 rings (SSSR count). The Balaban J connectivity index is 2.16. The van der Waals surface area contributed by atoms with Crippen LogP contribution in [0.3, 0.4) is 0 Å². The van der Waals surface area contributed by atoms with Crippen molar-refractivity contribution in [1.29, 1.82) is 0 Å². The Bertz CT molecular complexity index is 1060. The van der Waals surface area contributed by atoms with Gasteiger partial charge in [-0.15, -0.1) is 11.6 Å². The van der Waals surface area contributed by atoms with E-state index in [1.807, 2.05) is 0 Å². The zero-order chi connectivity index (χ0) is 29.4. The molecule has 1 fully saturated rings. The van der Waals surface area contributed by atoms with Crippen molar-refractivity contribution < 1.29 is 60.9 Å². The average molecular weight is 606 g/mol. The van der Waals surface area contributed by atoms with Crippen LogP contribution in [0.15, 0.2) is 17.1 Å². The van der Waals surface area contributed by atoms with Gasteiger partial charge < -0.3 is 34.5 Å². The lowest BCUT2D eigenvalue weighted by molar-refractivity contribution is -0.119. The van der Waals surface area contributed by atoms with E-state index in [0.29, 0.717) is 0 Å². The largest absolute Gasteiger partial charge is 0.510 e. The number of ether oxygens (including phenoxy) is 5. The van der Waals surface area contributed by atoms with Crippen molar-refractivity contribution >= 4 is 37.6 Å². The van der Waals surface area contributed by atoms with Crippen LogP contribution in [0.2, 0.25) is 0 Å². The highest BCUT2D eigenvalue weighted by Crippen LogP contribution is 2.51. The Kier molecular flexibility index (Phi) is 11.9. The summed E-state index contributed by atoms with van der Waals surface area (Å²) in [6, 6.07) is 1.20. The molecule has 1 saturated heterocycles. The summed E-state index contributed by atoms with van der Waals surface area (Å²) in [5.41, 5.74) is 2.37. The van der Waals surface area contributed by atoms with Gasteiger partial charge in [0.25, 0.3) is 0 Å². The number of aliphatic hydroxyl groups excluding tert-OH is 1.